The van der Waals surface area contributed by atoms with E-state index in [9.17, 15) is 22.4 Å². The van der Waals surface area contributed by atoms with Gasteiger partial charge in [-0.3, -0.25) is 15.5 Å². The number of benzene rings is 2. The van der Waals surface area contributed by atoms with Gasteiger partial charge in [-0.05, 0) is 41.8 Å². The van der Waals surface area contributed by atoms with Gasteiger partial charge in [-0.2, -0.15) is 13.2 Å². The molecule has 0 saturated carbocycles. The second-order valence-electron chi connectivity index (χ2n) is 5.41. The third kappa shape index (κ3) is 5.73. The molecule has 0 aliphatic heterocycles. The molecule has 4 N–H and O–H groups in total. The zero-order valence-corrected chi connectivity index (χ0v) is 14.1. The predicted octanol–water partition coefficient (Wildman–Crippen LogP) is 3.60. The summed E-state index contributed by atoms with van der Waals surface area (Å²) in [5.41, 5.74) is 5.27. The van der Waals surface area contributed by atoms with E-state index >= 15 is 0 Å². The molecule has 0 heterocycles. The minimum absolute atomic E-state index is 0. The summed E-state index contributed by atoms with van der Waals surface area (Å²) < 4.78 is 51.0. The topological polar surface area (TPSA) is 79.0 Å². The van der Waals surface area contributed by atoms with Crippen LogP contribution in [0.4, 0.5) is 17.6 Å². The highest BCUT2D eigenvalue weighted by Crippen LogP contribution is 2.31. The van der Waals surface area contributed by atoms with Crippen molar-refractivity contribution < 1.29 is 22.4 Å². The molecule has 2 aromatic carbocycles. The first-order valence-corrected chi connectivity index (χ1v) is 7.23. The van der Waals surface area contributed by atoms with Crippen LogP contribution in [0.2, 0.25) is 0 Å². The molecule has 9 heteroatoms. The number of amides is 1. The molecule has 4 nitrogen and oxygen atoms in total. The third-order valence-corrected chi connectivity index (χ3v) is 3.57. The molecule has 0 aliphatic rings. The second-order valence-corrected chi connectivity index (χ2v) is 5.41. The van der Waals surface area contributed by atoms with E-state index in [-0.39, 0.29) is 18.8 Å². The Labute approximate surface area is 153 Å². The maximum absolute atomic E-state index is 13.0. The maximum atomic E-state index is 13.0. The van der Waals surface area contributed by atoms with E-state index in [4.69, 9.17) is 11.1 Å². The first kappa shape index (κ1) is 21.4. The van der Waals surface area contributed by atoms with Crippen molar-refractivity contribution in [3.8, 4) is 0 Å². The molecule has 1 unspecified atom stereocenters. The molecule has 2 aromatic rings. The van der Waals surface area contributed by atoms with E-state index in [0.717, 1.165) is 12.1 Å². The third-order valence-electron chi connectivity index (χ3n) is 3.57. The molecular weight excluding hydrogens is 374 g/mol. The van der Waals surface area contributed by atoms with Crippen LogP contribution in [-0.4, -0.2) is 11.9 Å². The number of nitrogens with one attached hydrogen (secondary N) is 2. The highest BCUT2D eigenvalue weighted by Gasteiger charge is 2.31. The molecule has 140 valence electrons. The molecule has 1 amide bonds. The van der Waals surface area contributed by atoms with Gasteiger partial charge in [-0.1, -0.05) is 24.3 Å². The Morgan fingerprint density at radius 2 is 1.62 bits per heavy atom. The lowest BCUT2D eigenvalue weighted by molar-refractivity contribution is -0.137. The molecule has 2 rings (SSSR count). The Morgan fingerprint density at radius 3 is 2.08 bits per heavy atom. The van der Waals surface area contributed by atoms with Gasteiger partial charge in [-0.15, -0.1) is 12.4 Å². The van der Waals surface area contributed by atoms with Crippen molar-refractivity contribution in [3.05, 3.63) is 71.0 Å². The fourth-order valence-corrected chi connectivity index (χ4v) is 2.34. The van der Waals surface area contributed by atoms with Crippen LogP contribution in [0.15, 0.2) is 48.5 Å². The first-order valence-electron chi connectivity index (χ1n) is 7.23. The predicted molar refractivity (Wildman–Crippen MR) is 91.6 cm³/mol. The van der Waals surface area contributed by atoms with Crippen LogP contribution in [0.25, 0.3) is 0 Å². The zero-order valence-electron chi connectivity index (χ0n) is 13.3. The molecule has 0 aliphatic carbocycles. The van der Waals surface area contributed by atoms with E-state index in [1.54, 1.807) is 0 Å². The number of hydrogen-bond donors (Lipinski definition) is 3. The lowest BCUT2D eigenvalue weighted by Crippen LogP contribution is -2.39. The summed E-state index contributed by atoms with van der Waals surface area (Å²) >= 11 is 0. The minimum Gasteiger partial charge on any atom is -0.370 e. The van der Waals surface area contributed by atoms with Crippen molar-refractivity contribution in [2.45, 2.75) is 18.5 Å². The van der Waals surface area contributed by atoms with Crippen molar-refractivity contribution in [1.29, 1.82) is 5.41 Å². The molecule has 0 spiro atoms. The van der Waals surface area contributed by atoms with E-state index in [1.807, 2.05) is 0 Å². The van der Waals surface area contributed by atoms with Crippen LogP contribution in [0, 0.1) is 11.2 Å². The van der Waals surface area contributed by atoms with Crippen LogP contribution >= 0.6 is 12.4 Å². The lowest BCUT2D eigenvalue weighted by Gasteiger charge is -2.18. The van der Waals surface area contributed by atoms with E-state index < -0.39 is 35.3 Å². The van der Waals surface area contributed by atoms with E-state index in [1.165, 1.54) is 36.4 Å². The first-order chi connectivity index (χ1) is 11.7. The summed E-state index contributed by atoms with van der Waals surface area (Å²) in [6.07, 6.45) is -4.36. The Hall–Kier alpha value is -2.61. The van der Waals surface area contributed by atoms with Gasteiger partial charge in [0, 0.05) is 0 Å². The van der Waals surface area contributed by atoms with Gasteiger partial charge in [0.25, 0.3) is 0 Å². The summed E-state index contributed by atoms with van der Waals surface area (Å²) in [6, 6.07) is 9.58. The molecule has 0 radical (unpaired) electrons. The van der Waals surface area contributed by atoms with Gasteiger partial charge in [0.15, 0.2) is 5.96 Å². The summed E-state index contributed by atoms with van der Waals surface area (Å²) in [6.45, 7) is 0. The van der Waals surface area contributed by atoms with Crippen LogP contribution in [-0.2, 0) is 17.4 Å². The van der Waals surface area contributed by atoms with E-state index in [2.05, 4.69) is 5.32 Å². The maximum Gasteiger partial charge on any atom is 0.416 e. The number of carbonyl (C=O) groups is 1. The summed E-state index contributed by atoms with van der Waals surface area (Å²) in [7, 11) is 0. The van der Waals surface area contributed by atoms with Gasteiger partial charge < -0.3 is 5.73 Å². The molecule has 1 atom stereocenters. The zero-order chi connectivity index (χ0) is 18.6. The average Bonchev–Trinajstić information content (AvgIpc) is 2.53. The van der Waals surface area contributed by atoms with Gasteiger partial charge in [0.2, 0.25) is 5.91 Å². The minimum atomic E-state index is -4.48. The number of hydrogen-bond acceptors (Lipinski definition) is 2. The molecule has 0 bridgehead atoms. The average molecular weight is 390 g/mol. The highest BCUT2D eigenvalue weighted by molar-refractivity contribution is 5.98. The van der Waals surface area contributed by atoms with Crippen molar-refractivity contribution in [3.63, 3.8) is 0 Å². The van der Waals surface area contributed by atoms with Gasteiger partial charge >= 0.3 is 6.18 Å². The van der Waals surface area contributed by atoms with Gasteiger partial charge in [0.05, 0.1) is 11.5 Å². The Balaban J connectivity index is 0.00000338. The lowest BCUT2D eigenvalue weighted by atomic mass is 9.90. The number of guanidine groups is 1. The van der Waals surface area contributed by atoms with Crippen molar-refractivity contribution in [2.75, 3.05) is 0 Å². The smallest absolute Gasteiger partial charge is 0.370 e. The quantitative estimate of drug-likeness (QED) is 0.424. The number of rotatable bonds is 4. The highest BCUT2D eigenvalue weighted by atomic mass is 35.5. The fourth-order valence-electron chi connectivity index (χ4n) is 2.34. The Bertz CT molecular complexity index is 761. The number of carbonyl (C=O) groups excluding carboxylic acids is 1. The Morgan fingerprint density at radius 1 is 1.08 bits per heavy atom. The molecule has 0 saturated heterocycles. The van der Waals surface area contributed by atoms with Crippen molar-refractivity contribution in [1.82, 2.24) is 5.32 Å². The number of nitrogens with two attached hydrogens (primary N) is 1. The summed E-state index contributed by atoms with van der Waals surface area (Å²) in [5.74, 6) is -2.52. The van der Waals surface area contributed by atoms with Crippen LogP contribution in [0.5, 0.6) is 0 Å². The SMILES string of the molecule is Cl.N=C(N)NC(=O)C(Cc1ccc(F)cc1)c1ccc(C(F)(F)F)cc1. The van der Waals surface area contributed by atoms with Crippen LogP contribution in [0.1, 0.15) is 22.6 Å². The standard InChI is InChI=1S/C17H15F4N3O.ClH/c18-13-7-1-10(2-8-13)9-14(15(25)24-16(22)23)11-3-5-12(6-4-11)17(19,20)21;/h1-8,14H,9H2,(H4,22,23,24,25);1H. The number of alkyl halides is 3. The monoisotopic (exact) mass is 389 g/mol. The van der Waals surface area contributed by atoms with E-state index in [0.29, 0.717) is 11.1 Å². The largest absolute Gasteiger partial charge is 0.416 e. The second kappa shape index (κ2) is 8.66. The fraction of sp³-hybridized carbons (Fsp3) is 0.176. The van der Waals surface area contributed by atoms with Gasteiger partial charge in [0.1, 0.15) is 5.82 Å². The number of halogens is 5. The van der Waals surface area contributed by atoms with Crippen molar-refractivity contribution >= 4 is 24.3 Å². The molecule has 0 fully saturated rings. The normalized spacial score (nSPS) is 12.0. The van der Waals surface area contributed by atoms with Crippen molar-refractivity contribution in [2.24, 2.45) is 5.73 Å². The summed E-state index contributed by atoms with van der Waals surface area (Å²) in [5, 5.41) is 9.30. The molecule has 26 heavy (non-hydrogen) atoms. The van der Waals surface area contributed by atoms with Gasteiger partial charge in [-0.25, -0.2) is 4.39 Å². The van der Waals surface area contributed by atoms with Crippen LogP contribution < -0.4 is 11.1 Å². The Kier molecular flexibility index (Phi) is 7.14. The summed E-state index contributed by atoms with van der Waals surface area (Å²) in [4.78, 5) is 12.3. The molecule has 0 aromatic heterocycles. The molecular formula is C17H16ClF4N3O. The van der Waals surface area contributed by atoms with Crippen LogP contribution in [0.3, 0.4) is 0 Å².